The molecule has 30 heavy (non-hydrogen) atoms. The zero-order valence-electron chi connectivity index (χ0n) is 18.5. The minimum Gasteiger partial charge on any atom is -0.495 e. The van der Waals surface area contributed by atoms with E-state index in [1.54, 1.807) is 19.1 Å². The summed E-state index contributed by atoms with van der Waals surface area (Å²) in [6.45, 7) is 5.43. The van der Waals surface area contributed by atoms with Crippen LogP contribution in [0.25, 0.3) is 10.2 Å². The van der Waals surface area contributed by atoms with Gasteiger partial charge in [-0.15, -0.1) is 0 Å². The molecule has 3 rings (SSSR count). The zero-order chi connectivity index (χ0) is 21.8. The Hall–Kier alpha value is -2.64. The fourth-order valence-corrected chi connectivity index (χ4v) is 4.43. The summed E-state index contributed by atoms with van der Waals surface area (Å²) in [5.41, 5.74) is 3.44. The molecule has 160 valence electrons. The summed E-state index contributed by atoms with van der Waals surface area (Å²) in [6, 6.07) is 9.67. The Morgan fingerprint density at radius 3 is 2.40 bits per heavy atom. The van der Waals surface area contributed by atoms with Gasteiger partial charge in [0, 0.05) is 12.1 Å². The quantitative estimate of drug-likeness (QED) is 0.529. The molecule has 0 radical (unpaired) electrons. The first kappa shape index (κ1) is 22.1. The second-order valence-corrected chi connectivity index (χ2v) is 8.55. The molecule has 0 bridgehead atoms. The van der Waals surface area contributed by atoms with E-state index in [-0.39, 0.29) is 5.91 Å². The highest BCUT2D eigenvalue weighted by molar-refractivity contribution is 7.22. The molecule has 1 amide bonds. The number of carbonyl (C=O) groups excluding carboxylic acids is 1. The summed E-state index contributed by atoms with van der Waals surface area (Å²) >= 11 is 1.45. The molecular weight excluding hydrogens is 398 g/mol. The Morgan fingerprint density at radius 2 is 1.73 bits per heavy atom. The second-order valence-electron chi connectivity index (χ2n) is 7.58. The van der Waals surface area contributed by atoms with Crippen LogP contribution in [0.15, 0.2) is 30.3 Å². The molecule has 7 heteroatoms. The summed E-state index contributed by atoms with van der Waals surface area (Å²) in [4.78, 5) is 22.3. The molecule has 0 N–H and O–H groups in total. The number of amides is 1. The van der Waals surface area contributed by atoms with Crippen molar-refractivity contribution >= 4 is 32.6 Å². The molecular formula is C23H29N3O3S. The van der Waals surface area contributed by atoms with Gasteiger partial charge in [0.15, 0.2) is 5.13 Å². The van der Waals surface area contributed by atoms with Gasteiger partial charge in [-0.1, -0.05) is 29.0 Å². The lowest BCUT2D eigenvalue weighted by Gasteiger charge is -2.22. The first-order valence-electron chi connectivity index (χ1n) is 9.91. The third-order valence-corrected chi connectivity index (χ3v) is 6.08. The molecule has 6 nitrogen and oxygen atoms in total. The highest BCUT2D eigenvalue weighted by Crippen LogP contribution is 2.40. The number of hydrogen-bond donors (Lipinski definition) is 0. The minimum absolute atomic E-state index is 0.0352. The van der Waals surface area contributed by atoms with Gasteiger partial charge in [0.1, 0.15) is 21.7 Å². The molecule has 0 aliphatic rings. The molecule has 1 aromatic heterocycles. The number of methoxy groups -OCH3 is 2. The number of thiazole rings is 1. The van der Waals surface area contributed by atoms with E-state index in [1.807, 2.05) is 58.3 Å². The van der Waals surface area contributed by atoms with Crippen molar-refractivity contribution in [2.45, 2.75) is 20.3 Å². The average molecular weight is 428 g/mol. The number of rotatable bonds is 8. The number of nitrogens with zero attached hydrogens (tertiary/aromatic N) is 3. The van der Waals surface area contributed by atoms with Gasteiger partial charge < -0.3 is 14.4 Å². The third kappa shape index (κ3) is 4.57. The highest BCUT2D eigenvalue weighted by Gasteiger charge is 2.24. The van der Waals surface area contributed by atoms with Crippen LogP contribution in [-0.4, -0.2) is 57.2 Å². The van der Waals surface area contributed by atoms with Gasteiger partial charge >= 0.3 is 0 Å². The number of carbonyl (C=O) groups is 1. The number of aryl methyl sites for hydroxylation is 2. The van der Waals surface area contributed by atoms with Gasteiger partial charge in [-0.05, 0) is 64.7 Å². The number of benzene rings is 2. The van der Waals surface area contributed by atoms with E-state index in [0.29, 0.717) is 28.5 Å². The van der Waals surface area contributed by atoms with E-state index in [2.05, 4.69) is 4.90 Å². The molecule has 0 aliphatic heterocycles. The van der Waals surface area contributed by atoms with Crippen LogP contribution in [0.3, 0.4) is 0 Å². The van der Waals surface area contributed by atoms with Gasteiger partial charge in [-0.25, -0.2) is 4.98 Å². The summed E-state index contributed by atoms with van der Waals surface area (Å²) in [5.74, 6) is 1.36. The maximum atomic E-state index is 13.6. The molecule has 0 unspecified atom stereocenters. The number of aromatic nitrogens is 1. The van der Waals surface area contributed by atoms with Crippen molar-refractivity contribution in [3.63, 3.8) is 0 Å². The molecule has 1 heterocycles. The molecule has 0 aliphatic carbocycles. The maximum absolute atomic E-state index is 13.6. The molecule has 0 saturated carbocycles. The monoisotopic (exact) mass is 427 g/mol. The Bertz CT molecular complexity index is 1000. The third-order valence-electron chi connectivity index (χ3n) is 4.99. The van der Waals surface area contributed by atoms with Crippen LogP contribution < -0.4 is 14.4 Å². The smallest absolute Gasteiger partial charge is 0.260 e. The molecule has 2 aromatic carbocycles. The fourth-order valence-electron chi connectivity index (χ4n) is 3.33. The molecule has 0 fully saturated rings. The summed E-state index contributed by atoms with van der Waals surface area (Å²) in [6.07, 6.45) is 0.841. The van der Waals surface area contributed by atoms with Gasteiger partial charge in [0.25, 0.3) is 5.91 Å². The van der Waals surface area contributed by atoms with Crippen LogP contribution in [0.1, 0.15) is 27.9 Å². The van der Waals surface area contributed by atoms with E-state index in [0.717, 1.165) is 34.5 Å². The van der Waals surface area contributed by atoms with E-state index in [1.165, 1.54) is 11.3 Å². The first-order chi connectivity index (χ1) is 14.3. The predicted molar refractivity (Wildman–Crippen MR) is 123 cm³/mol. The van der Waals surface area contributed by atoms with Crippen molar-refractivity contribution < 1.29 is 14.3 Å². The first-order valence-corrected chi connectivity index (χ1v) is 10.7. The molecule has 3 aromatic rings. The normalized spacial score (nSPS) is 11.2. The second kappa shape index (κ2) is 9.45. The van der Waals surface area contributed by atoms with Crippen molar-refractivity contribution in [3.05, 3.63) is 47.0 Å². The molecule has 0 atom stereocenters. The summed E-state index contributed by atoms with van der Waals surface area (Å²) in [5, 5.41) is 0.650. The van der Waals surface area contributed by atoms with E-state index >= 15 is 0 Å². The largest absolute Gasteiger partial charge is 0.495 e. The van der Waals surface area contributed by atoms with Gasteiger partial charge in [-0.2, -0.15) is 0 Å². The van der Waals surface area contributed by atoms with E-state index in [9.17, 15) is 4.79 Å². The Balaban J connectivity index is 2.08. The average Bonchev–Trinajstić information content (AvgIpc) is 3.16. The van der Waals surface area contributed by atoms with E-state index in [4.69, 9.17) is 14.5 Å². The zero-order valence-corrected chi connectivity index (χ0v) is 19.3. The van der Waals surface area contributed by atoms with Crippen LogP contribution in [0.4, 0.5) is 5.13 Å². The predicted octanol–water partition coefficient (Wildman–Crippen LogP) is 4.53. The Labute approximate surface area is 182 Å². The van der Waals surface area contributed by atoms with Crippen molar-refractivity contribution in [2.24, 2.45) is 0 Å². The van der Waals surface area contributed by atoms with E-state index < -0.39 is 0 Å². The van der Waals surface area contributed by atoms with Crippen molar-refractivity contribution in [1.82, 2.24) is 9.88 Å². The maximum Gasteiger partial charge on any atom is 0.260 e. The summed E-state index contributed by atoms with van der Waals surface area (Å²) in [7, 11) is 7.32. The minimum atomic E-state index is -0.0352. The van der Waals surface area contributed by atoms with Crippen molar-refractivity contribution in [1.29, 1.82) is 0 Å². The standard InChI is InChI=1S/C23H29N3O3S/c1-15-8-9-16(2)17(14-15)22(27)26(13-7-12-25(3)4)23-24-20-18(28-5)10-11-19(29-6)21(20)30-23/h8-11,14H,7,12-13H2,1-6H3. The van der Waals surface area contributed by atoms with Gasteiger partial charge in [-0.3, -0.25) is 9.69 Å². The van der Waals surface area contributed by atoms with Crippen LogP contribution >= 0.6 is 11.3 Å². The Morgan fingerprint density at radius 1 is 1.03 bits per heavy atom. The molecule has 0 spiro atoms. The topological polar surface area (TPSA) is 54.9 Å². The summed E-state index contributed by atoms with van der Waals surface area (Å²) < 4.78 is 11.9. The number of fused-ring (bicyclic) bond motifs is 1. The lowest BCUT2D eigenvalue weighted by atomic mass is 10.0. The van der Waals surface area contributed by atoms with Crippen LogP contribution in [0, 0.1) is 13.8 Å². The lowest BCUT2D eigenvalue weighted by Crippen LogP contribution is -2.34. The lowest BCUT2D eigenvalue weighted by molar-refractivity contribution is 0.0985. The van der Waals surface area contributed by atoms with Crippen molar-refractivity contribution in [2.75, 3.05) is 46.3 Å². The SMILES string of the molecule is COc1ccc(OC)c2sc(N(CCCN(C)C)C(=O)c3cc(C)ccc3C)nc12. The molecule has 0 saturated heterocycles. The van der Waals surface area contributed by atoms with Crippen LogP contribution in [-0.2, 0) is 0 Å². The fraction of sp³-hybridized carbons (Fsp3) is 0.391. The highest BCUT2D eigenvalue weighted by atomic mass is 32.1. The van der Waals surface area contributed by atoms with Crippen LogP contribution in [0.5, 0.6) is 11.5 Å². The Kier molecular flexibility index (Phi) is 6.95. The van der Waals surface area contributed by atoms with Gasteiger partial charge in [0.05, 0.1) is 14.2 Å². The van der Waals surface area contributed by atoms with Gasteiger partial charge in [0.2, 0.25) is 0 Å². The number of anilines is 1. The number of hydrogen-bond acceptors (Lipinski definition) is 6. The number of ether oxygens (including phenoxy) is 2. The van der Waals surface area contributed by atoms with Crippen LogP contribution in [0.2, 0.25) is 0 Å². The van der Waals surface area contributed by atoms with Crippen molar-refractivity contribution in [3.8, 4) is 11.5 Å².